The molecule has 110 valence electrons. The number of phenols is 1. The van der Waals surface area contributed by atoms with Gasteiger partial charge in [0.05, 0.1) is 5.56 Å². The molecule has 6 nitrogen and oxygen atoms in total. The number of nitrogens with zero attached hydrogens (tertiary/aromatic N) is 2. The van der Waals surface area contributed by atoms with Crippen molar-refractivity contribution in [2.45, 2.75) is 6.54 Å². The maximum atomic E-state index is 11.7. The number of hydrogen-bond acceptors (Lipinski definition) is 5. The average Bonchev–Trinajstić information content (AvgIpc) is 2.48. The van der Waals surface area contributed by atoms with Crippen LogP contribution in [-0.4, -0.2) is 35.0 Å². The lowest BCUT2D eigenvalue weighted by atomic mass is 10.2. The number of nitrogen functional groups attached to an aromatic ring is 1. The van der Waals surface area contributed by atoms with Crippen LogP contribution in [0, 0.1) is 0 Å². The summed E-state index contributed by atoms with van der Waals surface area (Å²) in [4.78, 5) is 17.4. The Bertz CT molecular complexity index is 639. The second-order valence-electron chi connectivity index (χ2n) is 4.87. The molecule has 0 saturated carbocycles. The zero-order valence-corrected chi connectivity index (χ0v) is 12.0. The number of carbonyl (C=O) groups excluding carboxylic acids is 1. The molecule has 0 aliphatic heterocycles. The predicted octanol–water partition coefficient (Wildman–Crippen LogP) is 1.68. The van der Waals surface area contributed by atoms with Gasteiger partial charge in [0, 0.05) is 38.1 Å². The fourth-order valence-electron chi connectivity index (χ4n) is 1.82. The molecule has 0 saturated heterocycles. The van der Waals surface area contributed by atoms with Crippen molar-refractivity contribution in [3.05, 3.63) is 47.7 Å². The predicted molar refractivity (Wildman–Crippen MR) is 82.1 cm³/mol. The van der Waals surface area contributed by atoms with Crippen LogP contribution in [0.2, 0.25) is 0 Å². The van der Waals surface area contributed by atoms with Crippen LogP contribution in [0.25, 0.3) is 0 Å². The van der Waals surface area contributed by atoms with E-state index in [2.05, 4.69) is 10.3 Å². The molecule has 0 fully saturated rings. The first kappa shape index (κ1) is 14.6. The summed E-state index contributed by atoms with van der Waals surface area (Å²) in [6.07, 6.45) is 1.52. The summed E-state index contributed by atoms with van der Waals surface area (Å²) < 4.78 is 0. The van der Waals surface area contributed by atoms with Gasteiger partial charge >= 0.3 is 0 Å². The van der Waals surface area contributed by atoms with Crippen molar-refractivity contribution in [3.63, 3.8) is 0 Å². The molecule has 0 spiro atoms. The highest BCUT2D eigenvalue weighted by molar-refractivity contribution is 5.93. The van der Waals surface area contributed by atoms with E-state index in [1.54, 1.807) is 44.4 Å². The highest BCUT2D eigenvalue weighted by Gasteiger charge is 2.08. The molecule has 1 amide bonds. The zero-order valence-electron chi connectivity index (χ0n) is 12.0. The first-order chi connectivity index (χ1) is 9.97. The lowest BCUT2D eigenvalue weighted by Gasteiger charge is -2.11. The topological polar surface area (TPSA) is 91.5 Å². The lowest BCUT2D eigenvalue weighted by molar-refractivity contribution is 0.0827. The van der Waals surface area contributed by atoms with Crippen LogP contribution < -0.4 is 11.1 Å². The standard InChI is InChI=1S/C15H18N4O2/c1-19(2)15(21)10-3-6-14(17-8-10)18-9-11-7-12(16)4-5-13(11)20/h3-8,20H,9,16H2,1-2H3,(H,17,18). The Kier molecular flexibility index (Phi) is 4.27. The number of anilines is 2. The molecule has 4 N–H and O–H groups in total. The van der Waals surface area contributed by atoms with E-state index in [1.807, 2.05) is 0 Å². The minimum Gasteiger partial charge on any atom is -0.508 e. The molecule has 0 aliphatic rings. The number of aromatic hydroxyl groups is 1. The van der Waals surface area contributed by atoms with Gasteiger partial charge in [-0.15, -0.1) is 0 Å². The molecule has 0 bridgehead atoms. The van der Waals surface area contributed by atoms with Gasteiger partial charge in [-0.1, -0.05) is 0 Å². The SMILES string of the molecule is CN(C)C(=O)c1ccc(NCc2cc(N)ccc2O)nc1. The van der Waals surface area contributed by atoms with Crippen molar-refractivity contribution in [2.24, 2.45) is 0 Å². The Morgan fingerprint density at radius 2 is 2.10 bits per heavy atom. The van der Waals surface area contributed by atoms with Crippen LogP contribution in [0.3, 0.4) is 0 Å². The quantitative estimate of drug-likeness (QED) is 0.587. The van der Waals surface area contributed by atoms with Crippen molar-refractivity contribution >= 4 is 17.4 Å². The van der Waals surface area contributed by atoms with E-state index in [9.17, 15) is 9.90 Å². The third-order valence-electron chi connectivity index (χ3n) is 2.98. The normalized spacial score (nSPS) is 10.2. The molecule has 6 heteroatoms. The number of hydrogen-bond donors (Lipinski definition) is 3. The molecule has 0 aliphatic carbocycles. The maximum absolute atomic E-state index is 11.7. The van der Waals surface area contributed by atoms with Gasteiger partial charge < -0.3 is 21.1 Å². The van der Waals surface area contributed by atoms with E-state index in [4.69, 9.17) is 5.73 Å². The van der Waals surface area contributed by atoms with Crippen LogP contribution >= 0.6 is 0 Å². The third kappa shape index (κ3) is 3.62. The van der Waals surface area contributed by atoms with E-state index in [-0.39, 0.29) is 11.7 Å². The molecule has 1 heterocycles. The Labute approximate surface area is 123 Å². The number of rotatable bonds is 4. The van der Waals surface area contributed by atoms with Gasteiger partial charge in [-0.05, 0) is 30.3 Å². The molecular formula is C15H18N4O2. The van der Waals surface area contributed by atoms with E-state index < -0.39 is 0 Å². The third-order valence-corrected chi connectivity index (χ3v) is 2.98. The molecule has 1 aromatic heterocycles. The Hall–Kier alpha value is -2.76. The molecule has 21 heavy (non-hydrogen) atoms. The van der Waals surface area contributed by atoms with E-state index in [1.165, 1.54) is 11.1 Å². The number of nitrogens with one attached hydrogen (secondary N) is 1. The van der Waals surface area contributed by atoms with Crippen molar-refractivity contribution in [3.8, 4) is 5.75 Å². The molecule has 0 radical (unpaired) electrons. The van der Waals surface area contributed by atoms with Gasteiger partial charge in [-0.3, -0.25) is 4.79 Å². The molecule has 2 aromatic rings. The monoisotopic (exact) mass is 286 g/mol. The summed E-state index contributed by atoms with van der Waals surface area (Å²) in [5, 5.41) is 12.8. The number of carbonyl (C=O) groups is 1. The van der Waals surface area contributed by atoms with Crippen LogP contribution in [0.15, 0.2) is 36.5 Å². The number of amides is 1. The van der Waals surface area contributed by atoms with E-state index in [0.29, 0.717) is 29.2 Å². The number of nitrogens with two attached hydrogens (primary N) is 1. The summed E-state index contributed by atoms with van der Waals surface area (Å²) in [6.45, 7) is 0.394. The number of phenolic OH excluding ortho intramolecular Hbond substituents is 1. The molecule has 0 atom stereocenters. The Morgan fingerprint density at radius 3 is 2.71 bits per heavy atom. The highest BCUT2D eigenvalue weighted by Crippen LogP contribution is 2.20. The van der Waals surface area contributed by atoms with Crippen molar-refractivity contribution in [1.82, 2.24) is 9.88 Å². The second-order valence-corrected chi connectivity index (χ2v) is 4.87. The number of benzene rings is 1. The Morgan fingerprint density at radius 1 is 1.33 bits per heavy atom. The minimum atomic E-state index is -0.0949. The average molecular weight is 286 g/mol. The summed E-state index contributed by atoms with van der Waals surface area (Å²) in [7, 11) is 3.38. The van der Waals surface area contributed by atoms with E-state index in [0.717, 1.165) is 0 Å². The van der Waals surface area contributed by atoms with Gasteiger partial charge in [-0.2, -0.15) is 0 Å². The van der Waals surface area contributed by atoms with E-state index >= 15 is 0 Å². The minimum absolute atomic E-state index is 0.0949. The molecule has 0 unspecified atom stereocenters. The van der Waals surface area contributed by atoms with Gasteiger partial charge in [-0.25, -0.2) is 4.98 Å². The fourth-order valence-corrected chi connectivity index (χ4v) is 1.82. The van der Waals surface area contributed by atoms with Crippen LogP contribution in [0.4, 0.5) is 11.5 Å². The van der Waals surface area contributed by atoms with Gasteiger partial charge in [0.2, 0.25) is 0 Å². The maximum Gasteiger partial charge on any atom is 0.254 e. The first-order valence-corrected chi connectivity index (χ1v) is 6.46. The summed E-state index contributed by atoms with van der Waals surface area (Å²) in [5.41, 5.74) is 7.48. The zero-order chi connectivity index (χ0) is 15.4. The molecule has 2 rings (SSSR count). The van der Waals surface area contributed by atoms with Gasteiger partial charge in [0.15, 0.2) is 0 Å². The first-order valence-electron chi connectivity index (χ1n) is 6.46. The highest BCUT2D eigenvalue weighted by atomic mass is 16.3. The Balaban J connectivity index is 2.04. The van der Waals surface area contributed by atoms with Crippen molar-refractivity contribution < 1.29 is 9.90 Å². The van der Waals surface area contributed by atoms with Crippen molar-refractivity contribution in [1.29, 1.82) is 0 Å². The lowest BCUT2D eigenvalue weighted by Crippen LogP contribution is -2.21. The fraction of sp³-hybridized carbons (Fsp3) is 0.200. The smallest absolute Gasteiger partial charge is 0.254 e. The summed E-state index contributed by atoms with van der Waals surface area (Å²) in [6, 6.07) is 8.32. The van der Waals surface area contributed by atoms with Crippen LogP contribution in [-0.2, 0) is 6.54 Å². The summed E-state index contributed by atoms with van der Waals surface area (Å²) >= 11 is 0. The van der Waals surface area contributed by atoms with Gasteiger partial charge in [0.25, 0.3) is 5.91 Å². The molecular weight excluding hydrogens is 268 g/mol. The number of aromatic nitrogens is 1. The number of pyridine rings is 1. The second kappa shape index (κ2) is 6.13. The largest absolute Gasteiger partial charge is 0.508 e. The van der Waals surface area contributed by atoms with Crippen LogP contribution in [0.5, 0.6) is 5.75 Å². The van der Waals surface area contributed by atoms with Gasteiger partial charge in [0.1, 0.15) is 11.6 Å². The van der Waals surface area contributed by atoms with Crippen molar-refractivity contribution in [2.75, 3.05) is 25.1 Å². The van der Waals surface area contributed by atoms with Crippen LogP contribution in [0.1, 0.15) is 15.9 Å². The summed E-state index contributed by atoms with van der Waals surface area (Å²) in [5.74, 6) is 0.700. The molecule has 1 aromatic carbocycles.